The summed E-state index contributed by atoms with van der Waals surface area (Å²) >= 11 is 0. The summed E-state index contributed by atoms with van der Waals surface area (Å²) in [5.41, 5.74) is -1.19. The second-order valence-electron chi connectivity index (χ2n) is 4.30. The van der Waals surface area contributed by atoms with Gasteiger partial charge in [-0.05, 0) is 20.8 Å². The molecule has 0 aromatic carbocycles. The number of esters is 1. The van der Waals surface area contributed by atoms with Crippen LogP contribution in [0, 0.1) is 0 Å². The molecule has 0 bridgehead atoms. The van der Waals surface area contributed by atoms with Crippen LogP contribution < -0.4 is 5.32 Å². The normalized spacial score (nSPS) is 20.6. The molecule has 4 heteroatoms. The summed E-state index contributed by atoms with van der Waals surface area (Å²) in [5.74, 6) is -0.277. The molecule has 1 aliphatic rings. The number of methoxy groups -OCH3 is 1. The highest BCUT2D eigenvalue weighted by molar-refractivity contribution is 5.82. The molecule has 0 unspecified atom stereocenters. The van der Waals surface area contributed by atoms with Crippen LogP contribution in [-0.2, 0) is 14.3 Å². The fourth-order valence-corrected chi connectivity index (χ4v) is 1.10. The lowest BCUT2D eigenvalue weighted by atomic mass is 9.97. The van der Waals surface area contributed by atoms with Gasteiger partial charge in [0.1, 0.15) is 5.60 Å². The van der Waals surface area contributed by atoms with Crippen molar-refractivity contribution in [2.45, 2.75) is 32.0 Å². The Balaban J connectivity index is 2.56. The van der Waals surface area contributed by atoms with E-state index in [4.69, 9.17) is 9.47 Å². The fourth-order valence-electron chi connectivity index (χ4n) is 1.10. The predicted molar refractivity (Wildman–Crippen MR) is 48.5 cm³/mol. The minimum absolute atomic E-state index is 0.277. The van der Waals surface area contributed by atoms with E-state index in [2.05, 4.69) is 5.32 Å². The van der Waals surface area contributed by atoms with Gasteiger partial charge >= 0.3 is 5.97 Å². The van der Waals surface area contributed by atoms with Crippen molar-refractivity contribution in [1.29, 1.82) is 0 Å². The lowest BCUT2D eigenvalue weighted by Crippen LogP contribution is -2.66. The zero-order valence-corrected chi connectivity index (χ0v) is 8.64. The van der Waals surface area contributed by atoms with Gasteiger partial charge in [-0.15, -0.1) is 0 Å². The van der Waals surface area contributed by atoms with E-state index >= 15 is 0 Å². The van der Waals surface area contributed by atoms with Gasteiger partial charge < -0.3 is 14.8 Å². The monoisotopic (exact) mass is 187 g/mol. The molecule has 1 fully saturated rings. The largest absolute Gasteiger partial charge is 0.458 e. The first-order valence-electron chi connectivity index (χ1n) is 4.39. The second-order valence-corrected chi connectivity index (χ2v) is 4.30. The van der Waals surface area contributed by atoms with Gasteiger partial charge in [-0.25, -0.2) is 4.79 Å². The Morgan fingerprint density at radius 3 is 2.15 bits per heavy atom. The van der Waals surface area contributed by atoms with Crippen LogP contribution >= 0.6 is 0 Å². The van der Waals surface area contributed by atoms with Crippen molar-refractivity contribution in [1.82, 2.24) is 5.32 Å². The first-order valence-corrected chi connectivity index (χ1v) is 4.39. The molecule has 0 amide bonds. The maximum absolute atomic E-state index is 11.6. The highest BCUT2D eigenvalue weighted by Crippen LogP contribution is 2.21. The van der Waals surface area contributed by atoms with Gasteiger partial charge in [0, 0.05) is 20.2 Å². The van der Waals surface area contributed by atoms with Crippen LogP contribution in [0.5, 0.6) is 0 Å². The van der Waals surface area contributed by atoms with Crippen molar-refractivity contribution in [3.05, 3.63) is 0 Å². The smallest absolute Gasteiger partial charge is 0.341 e. The van der Waals surface area contributed by atoms with Crippen molar-refractivity contribution in [2.75, 3.05) is 20.2 Å². The molecule has 0 spiro atoms. The number of hydrogen-bond acceptors (Lipinski definition) is 4. The zero-order chi connectivity index (χ0) is 10.1. The van der Waals surface area contributed by atoms with Crippen LogP contribution in [0.25, 0.3) is 0 Å². The van der Waals surface area contributed by atoms with E-state index in [1.165, 1.54) is 7.11 Å². The molecule has 0 aliphatic carbocycles. The van der Waals surface area contributed by atoms with Gasteiger partial charge in [0.25, 0.3) is 0 Å². The van der Waals surface area contributed by atoms with Crippen LogP contribution in [0.4, 0.5) is 0 Å². The lowest BCUT2D eigenvalue weighted by Gasteiger charge is -2.40. The topological polar surface area (TPSA) is 47.6 Å². The predicted octanol–water partition coefficient (Wildman–Crippen LogP) is 0.316. The lowest BCUT2D eigenvalue weighted by molar-refractivity contribution is -0.186. The molecule has 1 N–H and O–H groups in total. The third kappa shape index (κ3) is 2.19. The van der Waals surface area contributed by atoms with Crippen LogP contribution in [0.15, 0.2) is 0 Å². The van der Waals surface area contributed by atoms with Gasteiger partial charge in [-0.1, -0.05) is 0 Å². The third-order valence-corrected chi connectivity index (χ3v) is 1.98. The first kappa shape index (κ1) is 10.5. The van der Waals surface area contributed by atoms with Gasteiger partial charge in [0.05, 0.1) is 0 Å². The Hall–Kier alpha value is -0.610. The van der Waals surface area contributed by atoms with E-state index < -0.39 is 11.2 Å². The molecule has 1 aliphatic heterocycles. The van der Waals surface area contributed by atoms with E-state index in [9.17, 15) is 4.79 Å². The molecular formula is C9H17NO3. The molecule has 13 heavy (non-hydrogen) atoms. The maximum atomic E-state index is 11.6. The maximum Gasteiger partial charge on any atom is 0.341 e. The molecule has 1 saturated heterocycles. The molecule has 1 rings (SSSR count). The Labute approximate surface area is 78.6 Å². The highest BCUT2D eigenvalue weighted by Gasteiger charge is 2.47. The molecule has 0 radical (unpaired) electrons. The van der Waals surface area contributed by atoms with E-state index in [0.29, 0.717) is 13.1 Å². The van der Waals surface area contributed by atoms with Crippen molar-refractivity contribution in [2.24, 2.45) is 0 Å². The number of ether oxygens (including phenoxy) is 2. The van der Waals surface area contributed by atoms with Crippen molar-refractivity contribution in [3.8, 4) is 0 Å². The minimum atomic E-state index is -0.743. The minimum Gasteiger partial charge on any atom is -0.458 e. The molecule has 1 heterocycles. The van der Waals surface area contributed by atoms with Crippen LogP contribution in [0.2, 0.25) is 0 Å². The van der Waals surface area contributed by atoms with Crippen molar-refractivity contribution >= 4 is 5.97 Å². The SMILES string of the molecule is COC1(C(=O)OC(C)(C)C)CNC1. The van der Waals surface area contributed by atoms with E-state index in [1.54, 1.807) is 0 Å². The molecule has 4 nitrogen and oxygen atoms in total. The zero-order valence-electron chi connectivity index (χ0n) is 8.64. The summed E-state index contributed by atoms with van der Waals surface area (Å²) in [4.78, 5) is 11.6. The number of carbonyl (C=O) groups excluding carboxylic acids is 1. The van der Waals surface area contributed by atoms with Crippen LogP contribution in [0.1, 0.15) is 20.8 Å². The Morgan fingerprint density at radius 1 is 1.38 bits per heavy atom. The summed E-state index contributed by atoms with van der Waals surface area (Å²) in [6.45, 7) is 6.62. The van der Waals surface area contributed by atoms with E-state index in [1.807, 2.05) is 20.8 Å². The molecule has 0 atom stereocenters. The van der Waals surface area contributed by atoms with E-state index in [0.717, 1.165) is 0 Å². The average molecular weight is 187 g/mol. The Kier molecular flexibility index (Phi) is 2.63. The molecule has 0 aromatic rings. The number of carbonyl (C=O) groups is 1. The summed E-state index contributed by atoms with van der Waals surface area (Å²) in [5, 5.41) is 2.99. The first-order chi connectivity index (χ1) is 5.90. The van der Waals surface area contributed by atoms with Gasteiger partial charge in [-0.2, -0.15) is 0 Å². The van der Waals surface area contributed by atoms with Gasteiger partial charge in [0.2, 0.25) is 0 Å². The standard InChI is InChI=1S/C9H17NO3/c1-8(2,3)13-7(11)9(12-4)5-10-6-9/h10H,5-6H2,1-4H3. The summed E-state index contributed by atoms with van der Waals surface area (Å²) in [7, 11) is 1.53. The van der Waals surface area contributed by atoms with Crippen LogP contribution in [-0.4, -0.2) is 37.4 Å². The molecular weight excluding hydrogens is 170 g/mol. The quantitative estimate of drug-likeness (QED) is 0.632. The van der Waals surface area contributed by atoms with Gasteiger partial charge in [0.15, 0.2) is 5.60 Å². The third-order valence-electron chi connectivity index (χ3n) is 1.98. The van der Waals surface area contributed by atoms with Crippen molar-refractivity contribution < 1.29 is 14.3 Å². The molecule has 0 aromatic heterocycles. The summed E-state index contributed by atoms with van der Waals surface area (Å²) in [6, 6.07) is 0. The Morgan fingerprint density at radius 2 is 1.92 bits per heavy atom. The summed E-state index contributed by atoms with van der Waals surface area (Å²) < 4.78 is 10.4. The number of nitrogens with one attached hydrogen (secondary N) is 1. The average Bonchev–Trinajstić information content (AvgIpc) is 1.80. The highest BCUT2D eigenvalue weighted by atomic mass is 16.6. The van der Waals surface area contributed by atoms with Gasteiger partial charge in [-0.3, -0.25) is 0 Å². The molecule has 76 valence electrons. The Bertz CT molecular complexity index is 198. The van der Waals surface area contributed by atoms with E-state index in [-0.39, 0.29) is 5.97 Å². The molecule has 0 saturated carbocycles. The number of hydrogen-bond donors (Lipinski definition) is 1. The van der Waals surface area contributed by atoms with Crippen molar-refractivity contribution in [3.63, 3.8) is 0 Å². The number of rotatable bonds is 2. The van der Waals surface area contributed by atoms with Crippen LogP contribution in [0.3, 0.4) is 0 Å². The summed E-state index contributed by atoms with van der Waals surface area (Å²) in [6.07, 6.45) is 0. The fraction of sp³-hybridized carbons (Fsp3) is 0.889. The second kappa shape index (κ2) is 3.27.